The Labute approximate surface area is 166 Å². The predicted octanol–water partition coefficient (Wildman–Crippen LogP) is 2.53. The molecule has 0 aliphatic carbocycles. The third-order valence-electron chi connectivity index (χ3n) is 5.27. The Morgan fingerprint density at radius 2 is 1.74 bits per heavy atom. The van der Waals surface area contributed by atoms with E-state index in [-0.39, 0.29) is 0 Å². The van der Waals surface area contributed by atoms with Crippen LogP contribution in [0.2, 0.25) is 0 Å². The van der Waals surface area contributed by atoms with Crippen molar-refractivity contribution >= 4 is 5.96 Å². The highest BCUT2D eigenvalue weighted by atomic mass is 15.3. The first kappa shape index (κ1) is 21.7. The summed E-state index contributed by atoms with van der Waals surface area (Å²) in [4.78, 5) is 12.1. The van der Waals surface area contributed by atoms with E-state index < -0.39 is 0 Å². The number of guanidine groups is 1. The van der Waals surface area contributed by atoms with Crippen molar-refractivity contribution in [1.29, 1.82) is 0 Å². The van der Waals surface area contributed by atoms with Gasteiger partial charge in [0.05, 0.1) is 0 Å². The molecule has 5 heteroatoms. The Morgan fingerprint density at radius 3 is 2.33 bits per heavy atom. The molecule has 27 heavy (non-hydrogen) atoms. The van der Waals surface area contributed by atoms with Crippen LogP contribution in [-0.4, -0.2) is 80.6 Å². The van der Waals surface area contributed by atoms with Gasteiger partial charge in [-0.2, -0.15) is 0 Å². The summed E-state index contributed by atoms with van der Waals surface area (Å²) < 4.78 is 0. The molecule has 1 aromatic rings. The van der Waals surface area contributed by atoms with Gasteiger partial charge in [0, 0.05) is 59.4 Å². The quantitative estimate of drug-likeness (QED) is 0.561. The van der Waals surface area contributed by atoms with E-state index in [2.05, 4.69) is 79.1 Å². The van der Waals surface area contributed by atoms with Crippen LogP contribution in [0.5, 0.6) is 0 Å². The van der Waals surface area contributed by atoms with Gasteiger partial charge < -0.3 is 20.0 Å². The molecule has 1 aliphatic rings. The number of rotatable bonds is 8. The zero-order chi connectivity index (χ0) is 19.6. The van der Waals surface area contributed by atoms with E-state index in [0.717, 1.165) is 38.6 Å². The van der Waals surface area contributed by atoms with Crippen LogP contribution in [0.25, 0.3) is 0 Å². The highest BCUT2D eigenvalue weighted by Crippen LogP contribution is 2.09. The molecule has 0 amide bonds. The van der Waals surface area contributed by atoms with E-state index in [9.17, 15) is 0 Å². The smallest absolute Gasteiger partial charge is 0.193 e. The van der Waals surface area contributed by atoms with Gasteiger partial charge in [0.1, 0.15) is 0 Å². The number of hydrogen-bond donors (Lipinski definition) is 1. The van der Waals surface area contributed by atoms with Crippen LogP contribution in [0.3, 0.4) is 0 Å². The van der Waals surface area contributed by atoms with Gasteiger partial charge >= 0.3 is 0 Å². The van der Waals surface area contributed by atoms with Crippen molar-refractivity contribution in [2.45, 2.75) is 33.7 Å². The zero-order valence-electron chi connectivity index (χ0n) is 18.0. The largest absolute Gasteiger partial charge is 0.357 e. The molecule has 2 rings (SSSR count). The van der Waals surface area contributed by atoms with Gasteiger partial charge in [0.2, 0.25) is 0 Å². The van der Waals surface area contributed by atoms with Crippen molar-refractivity contribution in [2.24, 2.45) is 10.9 Å². The average Bonchev–Trinajstić information content (AvgIpc) is 2.67. The van der Waals surface area contributed by atoms with Crippen LogP contribution >= 0.6 is 0 Å². The lowest BCUT2D eigenvalue weighted by Crippen LogP contribution is -2.46. The molecule has 0 aromatic heterocycles. The standard InChI is InChI=1S/C22H39N5/c1-6-20-8-10-21(11-9-20)18-26(5)22(23-7-2)24-16-19(3)17-27-14-12-25(4)13-15-27/h8-11,19H,6-7,12-18H2,1-5H3,(H,23,24). The van der Waals surface area contributed by atoms with Crippen LogP contribution in [0.1, 0.15) is 31.9 Å². The van der Waals surface area contributed by atoms with Gasteiger partial charge in [-0.3, -0.25) is 4.99 Å². The van der Waals surface area contributed by atoms with E-state index in [1.165, 1.54) is 37.3 Å². The summed E-state index contributed by atoms with van der Waals surface area (Å²) in [6.07, 6.45) is 1.09. The molecule has 1 atom stereocenters. The summed E-state index contributed by atoms with van der Waals surface area (Å²) in [7, 11) is 4.33. The highest BCUT2D eigenvalue weighted by Gasteiger charge is 2.16. The van der Waals surface area contributed by atoms with Crippen molar-refractivity contribution in [1.82, 2.24) is 20.0 Å². The van der Waals surface area contributed by atoms with Gasteiger partial charge in [-0.15, -0.1) is 0 Å². The molecule has 1 fully saturated rings. The van der Waals surface area contributed by atoms with E-state index in [1.54, 1.807) is 0 Å². The molecular formula is C22H39N5. The van der Waals surface area contributed by atoms with Gasteiger partial charge in [-0.1, -0.05) is 38.1 Å². The molecule has 1 N–H and O–H groups in total. The Hall–Kier alpha value is -1.59. The molecular weight excluding hydrogens is 334 g/mol. The molecule has 1 saturated heterocycles. The SMILES string of the molecule is CCNC(=NCC(C)CN1CCN(C)CC1)N(C)Cc1ccc(CC)cc1. The molecule has 1 unspecified atom stereocenters. The molecule has 0 saturated carbocycles. The number of benzene rings is 1. The normalized spacial score (nSPS) is 17.7. The third kappa shape index (κ3) is 7.51. The van der Waals surface area contributed by atoms with Gasteiger partial charge in [0.25, 0.3) is 0 Å². The molecule has 152 valence electrons. The monoisotopic (exact) mass is 373 g/mol. The van der Waals surface area contributed by atoms with Crippen molar-refractivity contribution in [2.75, 3.05) is 59.9 Å². The van der Waals surface area contributed by atoms with E-state index in [1.807, 2.05) is 0 Å². The minimum absolute atomic E-state index is 0.569. The van der Waals surface area contributed by atoms with Gasteiger partial charge in [-0.25, -0.2) is 0 Å². The van der Waals surface area contributed by atoms with E-state index >= 15 is 0 Å². The fourth-order valence-electron chi connectivity index (χ4n) is 3.47. The summed E-state index contributed by atoms with van der Waals surface area (Å²) in [5.74, 6) is 1.57. The van der Waals surface area contributed by atoms with Crippen molar-refractivity contribution in [3.8, 4) is 0 Å². The molecule has 1 aliphatic heterocycles. The summed E-state index contributed by atoms with van der Waals surface area (Å²) in [5.41, 5.74) is 2.71. The van der Waals surface area contributed by atoms with Gasteiger partial charge in [-0.05, 0) is 37.4 Å². The van der Waals surface area contributed by atoms with Crippen LogP contribution in [0.15, 0.2) is 29.3 Å². The summed E-state index contributed by atoms with van der Waals surface area (Å²) >= 11 is 0. The second-order valence-corrected chi connectivity index (χ2v) is 7.93. The van der Waals surface area contributed by atoms with Crippen LogP contribution in [-0.2, 0) is 13.0 Å². The summed E-state index contributed by atoms with van der Waals surface area (Å²) in [6.45, 7) is 15.1. The van der Waals surface area contributed by atoms with Gasteiger partial charge in [0.15, 0.2) is 5.96 Å². The molecule has 1 aromatic carbocycles. The summed E-state index contributed by atoms with van der Waals surface area (Å²) in [5, 5.41) is 3.45. The Kier molecular flexibility index (Phi) is 9.08. The van der Waals surface area contributed by atoms with Crippen LogP contribution < -0.4 is 5.32 Å². The first-order valence-corrected chi connectivity index (χ1v) is 10.5. The maximum atomic E-state index is 4.92. The first-order valence-electron chi connectivity index (χ1n) is 10.5. The minimum Gasteiger partial charge on any atom is -0.357 e. The topological polar surface area (TPSA) is 34.1 Å². The van der Waals surface area contributed by atoms with Crippen LogP contribution in [0, 0.1) is 5.92 Å². The fraction of sp³-hybridized carbons (Fsp3) is 0.682. The minimum atomic E-state index is 0.569. The average molecular weight is 374 g/mol. The van der Waals surface area contributed by atoms with Crippen molar-refractivity contribution in [3.63, 3.8) is 0 Å². The van der Waals surface area contributed by atoms with Crippen molar-refractivity contribution < 1.29 is 0 Å². The number of piperazine rings is 1. The van der Waals surface area contributed by atoms with E-state index in [4.69, 9.17) is 4.99 Å². The molecule has 0 spiro atoms. The maximum absolute atomic E-state index is 4.92. The number of nitrogens with one attached hydrogen (secondary N) is 1. The Bertz CT molecular complexity index is 561. The molecule has 5 nitrogen and oxygen atoms in total. The zero-order valence-corrected chi connectivity index (χ0v) is 18.0. The highest BCUT2D eigenvalue weighted by molar-refractivity contribution is 5.79. The summed E-state index contributed by atoms with van der Waals surface area (Å²) in [6, 6.07) is 8.92. The molecule has 0 radical (unpaired) electrons. The Balaban J connectivity index is 1.87. The van der Waals surface area contributed by atoms with Crippen molar-refractivity contribution in [3.05, 3.63) is 35.4 Å². The Morgan fingerprint density at radius 1 is 1.11 bits per heavy atom. The molecule has 0 bridgehead atoms. The number of nitrogens with zero attached hydrogens (tertiary/aromatic N) is 4. The lowest BCUT2D eigenvalue weighted by molar-refractivity contribution is 0.140. The second-order valence-electron chi connectivity index (χ2n) is 7.93. The van der Waals surface area contributed by atoms with Crippen LogP contribution in [0.4, 0.5) is 0 Å². The number of hydrogen-bond acceptors (Lipinski definition) is 3. The lowest BCUT2D eigenvalue weighted by atomic mass is 10.1. The lowest BCUT2D eigenvalue weighted by Gasteiger charge is -2.33. The number of aryl methyl sites for hydroxylation is 1. The maximum Gasteiger partial charge on any atom is 0.193 e. The second kappa shape index (κ2) is 11.3. The molecule has 1 heterocycles. The number of likely N-dealkylation sites (N-methyl/N-ethyl adjacent to an activating group) is 1. The van der Waals surface area contributed by atoms with E-state index in [0.29, 0.717) is 5.92 Å². The predicted molar refractivity (Wildman–Crippen MR) is 116 cm³/mol. The first-order chi connectivity index (χ1) is 13.0. The number of aliphatic imine (C=N–C) groups is 1. The fourth-order valence-corrected chi connectivity index (χ4v) is 3.47. The third-order valence-corrected chi connectivity index (χ3v) is 5.27.